The van der Waals surface area contributed by atoms with E-state index in [4.69, 9.17) is 4.74 Å². The van der Waals surface area contributed by atoms with Gasteiger partial charge in [0.25, 0.3) is 11.6 Å². The fourth-order valence-electron chi connectivity index (χ4n) is 2.23. The van der Waals surface area contributed by atoms with E-state index in [2.05, 4.69) is 15.5 Å². The number of rotatable bonds is 6. The zero-order valence-electron chi connectivity index (χ0n) is 13.5. The number of pyridine rings is 1. The smallest absolute Gasteiger partial charge is 0.277 e. The van der Waals surface area contributed by atoms with Crippen molar-refractivity contribution in [3.63, 3.8) is 0 Å². The molecule has 3 rings (SSSR count). The third-order valence-corrected chi connectivity index (χ3v) is 3.46. The zero-order chi connectivity index (χ0) is 18.4. The first-order valence-corrected chi connectivity index (χ1v) is 7.66. The van der Waals surface area contributed by atoms with Crippen LogP contribution in [0.25, 0.3) is 10.9 Å². The average molecular weight is 350 g/mol. The van der Waals surface area contributed by atoms with Crippen molar-refractivity contribution in [3.8, 4) is 5.75 Å². The fourth-order valence-corrected chi connectivity index (χ4v) is 2.23. The van der Waals surface area contributed by atoms with Gasteiger partial charge in [-0.25, -0.2) is 5.43 Å². The summed E-state index contributed by atoms with van der Waals surface area (Å²) in [5.74, 6) is 0.0775. The predicted molar refractivity (Wildman–Crippen MR) is 96.1 cm³/mol. The second-order valence-electron chi connectivity index (χ2n) is 5.26. The summed E-state index contributed by atoms with van der Waals surface area (Å²) in [4.78, 5) is 26.2. The van der Waals surface area contributed by atoms with Gasteiger partial charge >= 0.3 is 0 Å². The second kappa shape index (κ2) is 7.84. The van der Waals surface area contributed by atoms with Gasteiger partial charge in [-0.1, -0.05) is 18.2 Å². The Morgan fingerprint density at radius 2 is 1.96 bits per heavy atom. The molecule has 0 aliphatic heterocycles. The highest BCUT2D eigenvalue weighted by atomic mass is 16.6. The molecule has 0 aliphatic rings. The topological polar surface area (TPSA) is 107 Å². The summed E-state index contributed by atoms with van der Waals surface area (Å²) in [5.41, 5.74) is 3.63. The maximum absolute atomic E-state index is 11.8. The van der Waals surface area contributed by atoms with E-state index in [1.54, 1.807) is 12.3 Å². The van der Waals surface area contributed by atoms with Crippen LogP contribution in [0.15, 0.2) is 65.9 Å². The summed E-state index contributed by atoms with van der Waals surface area (Å²) in [6.07, 6.45) is 3.05. The molecule has 0 atom stereocenters. The lowest BCUT2D eigenvalue weighted by Gasteiger charge is -2.07. The molecule has 0 aliphatic carbocycles. The van der Waals surface area contributed by atoms with Gasteiger partial charge in [-0.3, -0.25) is 19.9 Å². The number of hydrogen-bond acceptors (Lipinski definition) is 6. The third-order valence-electron chi connectivity index (χ3n) is 3.46. The summed E-state index contributed by atoms with van der Waals surface area (Å²) >= 11 is 0. The normalized spacial score (nSPS) is 10.8. The molecule has 26 heavy (non-hydrogen) atoms. The van der Waals surface area contributed by atoms with Crippen LogP contribution in [0, 0.1) is 10.1 Å². The third kappa shape index (κ3) is 4.18. The van der Waals surface area contributed by atoms with Crippen molar-refractivity contribution in [2.24, 2.45) is 5.10 Å². The van der Waals surface area contributed by atoms with E-state index in [1.807, 2.05) is 24.3 Å². The van der Waals surface area contributed by atoms with Gasteiger partial charge in [0.15, 0.2) is 6.61 Å². The number of nitro benzene ring substituents is 1. The van der Waals surface area contributed by atoms with E-state index in [9.17, 15) is 14.9 Å². The van der Waals surface area contributed by atoms with Crippen molar-refractivity contribution in [3.05, 3.63) is 76.5 Å². The van der Waals surface area contributed by atoms with E-state index < -0.39 is 10.8 Å². The molecule has 8 nitrogen and oxygen atoms in total. The Balaban J connectivity index is 1.55. The SMILES string of the molecule is O=C(COc1cccc2cccnc12)N/N=C\c1ccc([N+](=O)[O-])cc1. The summed E-state index contributed by atoms with van der Waals surface area (Å²) in [5, 5.41) is 15.3. The molecule has 0 saturated carbocycles. The second-order valence-corrected chi connectivity index (χ2v) is 5.26. The maximum Gasteiger partial charge on any atom is 0.277 e. The highest BCUT2D eigenvalue weighted by Gasteiger charge is 2.06. The predicted octanol–water partition coefficient (Wildman–Crippen LogP) is 2.67. The van der Waals surface area contributed by atoms with Crippen LogP contribution < -0.4 is 10.2 Å². The molecule has 0 bridgehead atoms. The van der Waals surface area contributed by atoms with Gasteiger partial charge in [0.2, 0.25) is 0 Å². The molecule has 1 heterocycles. The van der Waals surface area contributed by atoms with Crippen molar-refractivity contribution in [1.29, 1.82) is 0 Å². The summed E-state index contributed by atoms with van der Waals surface area (Å²) < 4.78 is 5.50. The van der Waals surface area contributed by atoms with E-state index in [1.165, 1.54) is 30.5 Å². The Morgan fingerprint density at radius 1 is 1.19 bits per heavy atom. The average Bonchev–Trinajstić information content (AvgIpc) is 2.66. The lowest BCUT2D eigenvalue weighted by atomic mass is 10.2. The standard InChI is InChI=1S/C18H14N4O4/c23-17(21-20-11-13-6-8-15(9-7-13)22(24)25)12-26-16-5-1-3-14-4-2-10-19-18(14)16/h1-11H,12H2,(H,21,23)/b20-11-. The Bertz CT molecular complexity index is 965. The number of nitro groups is 1. The quantitative estimate of drug-likeness (QED) is 0.418. The highest BCUT2D eigenvalue weighted by Crippen LogP contribution is 2.22. The molecule has 1 aromatic heterocycles. The Kier molecular flexibility index (Phi) is 5.14. The van der Waals surface area contributed by atoms with Crippen LogP contribution in [0.1, 0.15) is 5.56 Å². The number of carbonyl (C=O) groups is 1. The van der Waals surface area contributed by atoms with Crippen molar-refractivity contribution in [2.45, 2.75) is 0 Å². The molecule has 8 heteroatoms. The molecule has 0 unspecified atom stereocenters. The van der Waals surface area contributed by atoms with Gasteiger partial charge in [-0.2, -0.15) is 5.10 Å². The Hall–Kier alpha value is -3.81. The number of non-ortho nitro benzene ring substituents is 1. The van der Waals surface area contributed by atoms with Gasteiger partial charge in [-0.15, -0.1) is 0 Å². The van der Waals surface area contributed by atoms with Crippen LogP contribution in [-0.2, 0) is 4.79 Å². The number of carbonyl (C=O) groups excluding carboxylic acids is 1. The Labute approximate surface area is 148 Å². The largest absolute Gasteiger partial charge is 0.481 e. The monoisotopic (exact) mass is 350 g/mol. The number of amides is 1. The molecular formula is C18H14N4O4. The number of ether oxygens (including phenoxy) is 1. The van der Waals surface area contributed by atoms with Gasteiger partial charge in [0.05, 0.1) is 11.1 Å². The lowest BCUT2D eigenvalue weighted by Crippen LogP contribution is -2.24. The summed E-state index contributed by atoms with van der Waals surface area (Å²) in [6, 6.07) is 15.0. The van der Waals surface area contributed by atoms with Crippen molar-refractivity contribution in [1.82, 2.24) is 10.4 Å². The zero-order valence-corrected chi connectivity index (χ0v) is 13.5. The number of fused-ring (bicyclic) bond motifs is 1. The van der Waals surface area contributed by atoms with Crippen molar-refractivity contribution >= 4 is 28.7 Å². The van der Waals surface area contributed by atoms with Crippen LogP contribution in [0.5, 0.6) is 5.75 Å². The van der Waals surface area contributed by atoms with E-state index in [-0.39, 0.29) is 12.3 Å². The molecule has 130 valence electrons. The van der Waals surface area contributed by atoms with E-state index >= 15 is 0 Å². The maximum atomic E-state index is 11.8. The van der Waals surface area contributed by atoms with E-state index in [0.29, 0.717) is 16.8 Å². The minimum atomic E-state index is -0.484. The molecule has 0 fully saturated rings. The van der Waals surface area contributed by atoms with E-state index in [0.717, 1.165) is 5.39 Å². The van der Waals surface area contributed by atoms with Crippen molar-refractivity contribution in [2.75, 3.05) is 6.61 Å². The number of aromatic nitrogens is 1. The van der Waals surface area contributed by atoms with Gasteiger partial charge in [0.1, 0.15) is 11.3 Å². The van der Waals surface area contributed by atoms with Crippen LogP contribution in [0.3, 0.4) is 0 Å². The van der Waals surface area contributed by atoms with Crippen LogP contribution >= 0.6 is 0 Å². The molecule has 3 aromatic rings. The van der Waals surface area contributed by atoms with Crippen LogP contribution in [0.4, 0.5) is 5.69 Å². The lowest BCUT2D eigenvalue weighted by molar-refractivity contribution is -0.384. The number of benzene rings is 2. The molecule has 2 aromatic carbocycles. The molecule has 0 saturated heterocycles. The molecule has 0 spiro atoms. The molecular weight excluding hydrogens is 336 g/mol. The minimum Gasteiger partial charge on any atom is -0.481 e. The number of hydrazone groups is 1. The van der Waals surface area contributed by atoms with Crippen LogP contribution in [0.2, 0.25) is 0 Å². The molecule has 1 N–H and O–H groups in total. The summed E-state index contributed by atoms with van der Waals surface area (Å²) in [7, 11) is 0. The van der Waals surface area contributed by atoms with Crippen LogP contribution in [-0.4, -0.2) is 28.6 Å². The first-order valence-electron chi connectivity index (χ1n) is 7.66. The van der Waals surface area contributed by atoms with Gasteiger partial charge in [0, 0.05) is 23.7 Å². The highest BCUT2D eigenvalue weighted by molar-refractivity contribution is 5.85. The molecule has 1 amide bonds. The number of nitrogens with zero attached hydrogens (tertiary/aromatic N) is 3. The van der Waals surface area contributed by atoms with Crippen molar-refractivity contribution < 1.29 is 14.5 Å². The van der Waals surface area contributed by atoms with Gasteiger partial charge < -0.3 is 4.74 Å². The number of para-hydroxylation sites is 1. The first kappa shape index (κ1) is 17.0. The summed E-state index contributed by atoms with van der Waals surface area (Å²) in [6.45, 7) is -0.215. The number of nitrogens with one attached hydrogen (secondary N) is 1. The first-order chi connectivity index (χ1) is 12.6. The van der Waals surface area contributed by atoms with Gasteiger partial charge in [-0.05, 0) is 29.8 Å². The number of hydrogen-bond donors (Lipinski definition) is 1. The molecule has 0 radical (unpaired) electrons. The Morgan fingerprint density at radius 3 is 2.73 bits per heavy atom. The fraction of sp³-hybridized carbons (Fsp3) is 0.0556. The minimum absolute atomic E-state index is 0.0108.